The van der Waals surface area contributed by atoms with Gasteiger partial charge in [0, 0.05) is 30.3 Å². The van der Waals surface area contributed by atoms with Crippen LogP contribution in [0.25, 0.3) is 0 Å². The third-order valence-corrected chi connectivity index (χ3v) is 6.08. The summed E-state index contributed by atoms with van der Waals surface area (Å²) in [5, 5.41) is 0.612. The number of carbonyl (C=O) groups excluding carboxylic acids is 1. The van der Waals surface area contributed by atoms with Crippen molar-refractivity contribution in [2.75, 3.05) is 5.75 Å². The molecule has 3 rings (SSSR count). The number of benzene rings is 1. The molecule has 1 aliphatic rings. The second-order valence-corrected chi connectivity index (χ2v) is 8.66. The van der Waals surface area contributed by atoms with Gasteiger partial charge in [0.15, 0.2) is 5.78 Å². The number of hydrogen-bond acceptors (Lipinski definition) is 3. The number of rotatable bonds is 7. The average molecular weight is 357 g/mol. The second kappa shape index (κ2) is 8.22. The number of ketones is 1. The van der Waals surface area contributed by atoms with E-state index in [1.165, 1.54) is 5.56 Å². The van der Waals surface area contributed by atoms with Gasteiger partial charge in [-0.1, -0.05) is 51.1 Å². The van der Waals surface area contributed by atoms with Gasteiger partial charge in [-0.15, -0.1) is 0 Å². The largest absolute Gasteiger partial charge is 0.327 e. The number of nitrogens with zero attached hydrogens (tertiary/aromatic N) is 2. The topological polar surface area (TPSA) is 34.9 Å². The third kappa shape index (κ3) is 4.17. The van der Waals surface area contributed by atoms with Crippen LogP contribution in [0, 0.1) is 5.92 Å². The van der Waals surface area contributed by atoms with Crippen molar-refractivity contribution in [2.45, 2.75) is 58.2 Å². The van der Waals surface area contributed by atoms with Gasteiger partial charge in [0.2, 0.25) is 0 Å². The highest BCUT2D eigenvalue weighted by Crippen LogP contribution is 2.32. The summed E-state index contributed by atoms with van der Waals surface area (Å²) in [5.74, 6) is 2.87. The van der Waals surface area contributed by atoms with Crippen LogP contribution in [-0.4, -0.2) is 26.3 Å². The van der Waals surface area contributed by atoms with E-state index >= 15 is 0 Å². The molecule has 2 aromatic rings. The van der Waals surface area contributed by atoms with Gasteiger partial charge in [-0.3, -0.25) is 4.79 Å². The lowest BCUT2D eigenvalue weighted by Crippen LogP contribution is -2.24. The van der Waals surface area contributed by atoms with Crippen molar-refractivity contribution < 1.29 is 4.79 Å². The van der Waals surface area contributed by atoms with E-state index in [1.54, 1.807) is 0 Å². The van der Waals surface area contributed by atoms with Crippen LogP contribution in [0.15, 0.2) is 30.3 Å². The average Bonchev–Trinajstić information content (AvgIpc) is 2.94. The molecule has 2 atom stereocenters. The SMILES string of the molecule is CCSC(C)CC1CC(=O)c2nc(CC)n(Cc3ccccc3)c2C1. The Balaban J connectivity index is 1.87. The minimum Gasteiger partial charge on any atom is -0.327 e. The van der Waals surface area contributed by atoms with E-state index in [2.05, 4.69) is 49.6 Å². The van der Waals surface area contributed by atoms with Crippen LogP contribution < -0.4 is 0 Å². The standard InChI is InChI=1S/C21H28N2OS/c1-4-20-22-21-18(23(20)14-16-9-7-6-8-10-16)12-17(13-19(21)24)11-15(3)25-5-2/h6-10,15,17H,4-5,11-14H2,1-3H3. The van der Waals surface area contributed by atoms with Gasteiger partial charge >= 0.3 is 0 Å². The summed E-state index contributed by atoms with van der Waals surface area (Å²) in [6.07, 6.45) is 3.62. The van der Waals surface area contributed by atoms with Crippen LogP contribution in [0.4, 0.5) is 0 Å². The van der Waals surface area contributed by atoms with E-state index in [4.69, 9.17) is 4.98 Å². The van der Waals surface area contributed by atoms with E-state index < -0.39 is 0 Å². The lowest BCUT2D eigenvalue weighted by Gasteiger charge is -2.25. The number of imidazole rings is 1. The van der Waals surface area contributed by atoms with E-state index in [9.17, 15) is 4.79 Å². The highest BCUT2D eigenvalue weighted by atomic mass is 32.2. The molecule has 25 heavy (non-hydrogen) atoms. The fourth-order valence-corrected chi connectivity index (χ4v) is 4.86. The molecular formula is C21H28N2OS. The minimum atomic E-state index is 0.237. The summed E-state index contributed by atoms with van der Waals surface area (Å²) in [7, 11) is 0. The molecule has 3 nitrogen and oxygen atoms in total. The molecular weight excluding hydrogens is 328 g/mol. The predicted octanol–water partition coefficient (Wildman–Crippen LogP) is 4.77. The Hall–Kier alpha value is -1.55. The molecule has 1 aromatic heterocycles. The molecule has 0 fully saturated rings. The zero-order chi connectivity index (χ0) is 17.8. The summed E-state index contributed by atoms with van der Waals surface area (Å²) in [6, 6.07) is 10.5. The van der Waals surface area contributed by atoms with Crippen molar-refractivity contribution in [3.05, 3.63) is 53.1 Å². The van der Waals surface area contributed by atoms with Crippen LogP contribution >= 0.6 is 11.8 Å². The van der Waals surface area contributed by atoms with Crippen molar-refractivity contribution in [1.82, 2.24) is 9.55 Å². The first kappa shape index (κ1) is 18.2. The van der Waals surface area contributed by atoms with Crippen molar-refractivity contribution in [1.29, 1.82) is 0 Å². The predicted molar refractivity (Wildman–Crippen MR) is 106 cm³/mol. The van der Waals surface area contributed by atoms with Crippen LogP contribution in [0.5, 0.6) is 0 Å². The van der Waals surface area contributed by atoms with Gasteiger partial charge in [0.25, 0.3) is 0 Å². The van der Waals surface area contributed by atoms with E-state index in [0.29, 0.717) is 17.6 Å². The number of thioether (sulfide) groups is 1. The summed E-state index contributed by atoms with van der Waals surface area (Å²) < 4.78 is 2.30. The molecule has 0 spiro atoms. The summed E-state index contributed by atoms with van der Waals surface area (Å²) in [4.78, 5) is 17.4. The molecule has 0 N–H and O–H groups in total. The molecule has 1 heterocycles. The van der Waals surface area contributed by atoms with Crippen molar-refractivity contribution in [3.63, 3.8) is 0 Å². The third-order valence-electron chi connectivity index (χ3n) is 4.99. The lowest BCUT2D eigenvalue weighted by atomic mass is 9.85. The van der Waals surface area contributed by atoms with Gasteiger partial charge in [-0.2, -0.15) is 11.8 Å². The van der Waals surface area contributed by atoms with E-state index in [-0.39, 0.29) is 5.78 Å². The highest BCUT2D eigenvalue weighted by Gasteiger charge is 2.31. The fraction of sp³-hybridized carbons (Fsp3) is 0.524. The van der Waals surface area contributed by atoms with Crippen LogP contribution in [0.3, 0.4) is 0 Å². The van der Waals surface area contributed by atoms with Gasteiger partial charge in [-0.25, -0.2) is 4.98 Å². The zero-order valence-electron chi connectivity index (χ0n) is 15.5. The number of carbonyl (C=O) groups is 1. The Kier molecular flexibility index (Phi) is 6.00. The van der Waals surface area contributed by atoms with Gasteiger partial charge in [0.1, 0.15) is 11.5 Å². The van der Waals surface area contributed by atoms with Crippen molar-refractivity contribution >= 4 is 17.5 Å². The number of fused-ring (bicyclic) bond motifs is 1. The van der Waals surface area contributed by atoms with Gasteiger partial charge in [0.05, 0.1) is 0 Å². The molecule has 0 saturated carbocycles. The summed E-state index contributed by atoms with van der Waals surface area (Å²) >= 11 is 1.99. The normalized spacial score (nSPS) is 18.2. The Morgan fingerprint density at radius 1 is 1.24 bits per heavy atom. The molecule has 1 aliphatic carbocycles. The molecule has 4 heteroatoms. The smallest absolute Gasteiger partial charge is 0.183 e. The van der Waals surface area contributed by atoms with Crippen molar-refractivity contribution in [2.24, 2.45) is 5.92 Å². The molecule has 0 radical (unpaired) electrons. The maximum Gasteiger partial charge on any atom is 0.183 e. The number of aromatic nitrogens is 2. The molecule has 2 unspecified atom stereocenters. The zero-order valence-corrected chi connectivity index (χ0v) is 16.3. The monoisotopic (exact) mass is 356 g/mol. The fourth-order valence-electron chi connectivity index (χ4n) is 3.88. The van der Waals surface area contributed by atoms with E-state index in [0.717, 1.165) is 48.8 Å². The maximum absolute atomic E-state index is 12.7. The van der Waals surface area contributed by atoms with Gasteiger partial charge < -0.3 is 4.57 Å². The summed E-state index contributed by atoms with van der Waals surface area (Å²) in [5.41, 5.74) is 3.16. The first-order valence-corrected chi connectivity index (χ1v) is 10.4. The molecule has 0 bridgehead atoms. The first-order chi connectivity index (χ1) is 12.1. The van der Waals surface area contributed by atoms with E-state index in [1.807, 2.05) is 17.8 Å². The Morgan fingerprint density at radius 2 is 2.00 bits per heavy atom. The minimum absolute atomic E-state index is 0.237. The second-order valence-electron chi connectivity index (χ2n) is 6.95. The number of Topliss-reactive ketones (excluding diaryl/α,β-unsaturated/α-hetero) is 1. The molecule has 0 amide bonds. The maximum atomic E-state index is 12.7. The molecule has 0 aliphatic heterocycles. The van der Waals surface area contributed by atoms with Gasteiger partial charge in [-0.05, 0) is 30.1 Å². The number of aryl methyl sites for hydroxylation is 1. The Morgan fingerprint density at radius 3 is 2.68 bits per heavy atom. The molecule has 0 saturated heterocycles. The number of hydrogen-bond donors (Lipinski definition) is 0. The van der Waals surface area contributed by atoms with Crippen LogP contribution in [0.2, 0.25) is 0 Å². The Labute approximate surface area is 155 Å². The quantitative estimate of drug-likeness (QED) is 0.717. The molecule has 1 aromatic carbocycles. The summed E-state index contributed by atoms with van der Waals surface area (Å²) in [6.45, 7) is 7.42. The Bertz CT molecular complexity index is 723. The molecule has 134 valence electrons. The highest BCUT2D eigenvalue weighted by molar-refractivity contribution is 7.99. The lowest BCUT2D eigenvalue weighted by molar-refractivity contribution is 0.0940. The van der Waals surface area contributed by atoms with Crippen LogP contribution in [0.1, 0.15) is 61.2 Å². The first-order valence-electron chi connectivity index (χ1n) is 9.39. The van der Waals surface area contributed by atoms with Crippen LogP contribution in [-0.2, 0) is 19.4 Å². The van der Waals surface area contributed by atoms with Crippen molar-refractivity contribution in [3.8, 4) is 0 Å².